The lowest BCUT2D eigenvalue weighted by Gasteiger charge is -2.67. The maximum absolute atomic E-state index is 12.8. The maximum Gasteiger partial charge on any atom is 0.187 e. The number of fused-ring (bicyclic) bond motifs is 5. The van der Waals surface area contributed by atoms with E-state index in [4.69, 9.17) is 56.8 Å². The third-order valence-electron chi connectivity index (χ3n) is 20.0. The van der Waals surface area contributed by atoms with Gasteiger partial charge in [-0.3, -0.25) is 4.79 Å². The van der Waals surface area contributed by atoms with E-state index in [9.17, 15) is 55.9 Å². The molecule has 0 radical (unpaired) electrons. The molecule has 9 rings (SSSR count). The van der Waals surface area contributed by atoms with Gasteiger partial charge in [-0.25, -0.2) is 0 Å². The van der Waals surface area contributed by atoms with Crippen molar-refractivity contribution < 1.29 is 113 Å². The average Bonchev–Trinajstić information content (AvgIpc) is 3.81. The molecule has 10 N–H and O–H groups in total. The van der Waals surface area contributed by atoms with Crippen molar-refractivity contribution in [3.05, 3.63) is 0 Å². The Bertz CT molecular complexity index is 1950. The summed E-state index contributed by atoms with van der Waals surface area (Å²) < 4.78 is 74.0. The molecule has 5 aliphatic heterocycles. The van der Waals surface area contributed by atoms with Gasteiger partial charge in [0, 0.05) is 45.3 Å². The van der Waals surface area contributed by atoms with Gasteiger partial charge in [-0.05, 0) is 96.8 Å². The number of ketones is 1. The molecule has 5 saturated heterocycles. The van der Waals surface area contributed by atoms with Crippen LogP contribution in [0.3, 0.4) is 0 Å². The highest BCUT2D eigenvalue weighted by Crippen LogP contribution is 2.70. The summed E-state index contributed by atoms with van der Waals surface area (Å²) in [6, 6.07) is 0. The highest BCUT2D eigenvalue weighted by Gasteiger charge is 2.80. The quantitative estimate of drug-likeness (QED) is 0.0974. The summed E-state index contributed by atoms with van der Waals surface area (Å²) >= 11 is 0. The molecule has 23 heteroatoms. The van der Waals surface area contributed by atoms with E-state index in [0.29, 0.717) is 44.9 Å². The monoisotopic (exact) mass is 1090 g/mol. The van der Waals surface area contributed by atoms with Crippen molar-refractivity contribution in [1.29, 1.82) is 0 Å². The summed E-state index contributed by atoms with van der Waals surface area (Å²) in [5.74, 6) is -1.50. The first kappa shape index (κ1) is 59.4. The Balaban J connectivity index is 0.731. The minimum absolute atomic E-state index is 0.00821. The number of aliphatic hydroxyl groups is 10. The number of methoxy groups -OCH3 is 2. The smallest absolute Gasteiger partial charge is 0.187 e. The fourth-order valence-electron chi connectivity index (χ4n) is 15.9. The first-order valence-electron chi connectivity index (χ1n) is 27.8. The van der Waals surface area contributed by atoms with Gasteiger partial charge >= 0.3 is 0 Å². The van der Waals surface area contributed by atoms with Gasteiger partial charge in [0.15, 0.2) is 31.5 Å². The summed E-state index contributed by atoms with van der Waals surface area (Å²) in [5, 5.41) is 111. The Morgan fingerprint density at radius 1 is 0.566 bits per heavy atom. The van der Waals surface area contributed by atoms with Gasteiger partial charge in [-0.1, -0.05) is 13.8 Å². The van der Waals surface area contributed by atoms with Crippen molar-refractivity contribution in [3.8, 4) is 0 Å². The fourth-order valence-corrected chi connectivity index (χ4v) is 15.9. The van der Waals surface area contributed by atoms with Crippen LogP contribution in [0.15, 0.2) is 0 Å². The molecule has 9 aliphatic rings. The van der Waals surface area contributed by atoms with Gasteiger partial charge in [0.05, 0.1) is 79.2 Å². The van der Waals surface area contributed by atoms with Crippen LogP contribution in [-0.2, 0) is 61.6 Å². The number of aliphatic hydroxyl groups excluding tert-OH is 8. The zero-order chi connectivity index (χ0) is 55.1. The van der Waals surface area contributed by atoms with Gasteiger partial charge < -0.3 is 108 Å². The lowest BCUT2D eigenvalue weighted by atomic mass is 9.41. The highest BCUT2D eigenvalue weighted by atomic mass is 16.8. The molecule has 0 bridgehead atoms. The zero-order valence-electron chi connectivity index (χ0n) is 45.4. The summed E-state index contributed by atoms with van der Waals surface area (Å²) in [5.41, 5.74) is -5.31. The van der Waals surface area contributed by atoms with Crippen molar-refractivity contribution in [2.45, 2.75) is 278 Å². The molecule has 23 nitrogen and oxygen atoms in total. The predicted octanol–water partition coefficient (Wildman–Crippen LogP) is -0.577. The number of rotatable bonds is 14. The second kappa shape index (κ2) is 22.9. The number of carbonyl (C=O) groups excluding carboxylic acids is 1. The highest BCUT2D eigenvalue weighted by molar-refractivity contribution is 5.81. The molecule has 438 valence electrons. The predicted molar refractivity (Wildman–Crippen MR) is 259 cm³/mol. The Labute approximate surface area is 444 Å². The molecule has 0 aromatic heterocycles. The van der Waals surface area contributed by atoms with E-state index in [1.165, 1.54) is 14.0 Å². The summed E-state index contributed by atoms with van der Waals surface area (Å²) in [4.78, 5) is 12.8. The molecular formula is C53H88O23. The van der Waals surface area contributed by atoms with Gasteiger partial charge in [0.1, 0.15) is 66.3 Å². The van der Waals surface area contributed by atoms with Crippen molar-refractivity contribution in [3.63, 3.8) is 0 Å². The van der Waals surface area contributed by atoms with E-state index in [0.717, 1.165) is 0 Å². The van der Waals surface area contributed by atoms with Gasteiger partial charge in [-0.2, -0.15) is 0 Å². The maximum atomic E-state index is 12.8. The Morgan fingerprint density at radius 2 is 1.07 bits per heavy atom. The third kappa shape index (κ3) is 10.3. The Morgan fingerprint density at radius 3 is 1.58 bits per heavy atom. The molecular weight excluding hydrogens is 1000 g/mol. The van der Waals surface area contributed by atoms with Crippen molar-refractivity contribution in [1.82, 2.24) is 0 Å². The van der Waals surface area contributed by atoms with Gasteiger partial charge in [0.25, 0.3) is 0 Å². The molecule has 31 atom stereocenters. The third-order valence-corrected chi connectivity index (χ3v) is 20.0. The molecule has 76 heavy (non-hydrogen) atoms. The fraction of sp³-hybridized carbons (Fsp3) is 0.981. The Hall–Kier alpha value is -1.21. The SMILES string of the molecule is CO[C@H]1CC(O[C@H]2CC[C@@]3(C)[C@@H](CC[C@]4(O)[C@@H]3CC[C@]3(C)[C@@H](C(C)=O)[C@H](O)[C@@H](O)[C@@]34O)C2)O[C@H](C)[C@H]1OC1C[C@@H](O)[C@H](OC2C[C@@H](O)[C@H](OC3C[C@H](OC)[C@H](O[C@@H]4O[C@H](CO)[C@@H](O)[C@H](O)[C@H]4O)[C@@H](C)O3)[C@@H](C)O2)[C@@H](C)O1. The van der Waals surface area contributed by atoms with Crippen LogP contribution in [0.4, 0.5) is 0 Å². The normalized spacial score (nSPS) is 55.8. The van der Waals surface area contributed by atoms with Gasteiger partial charge in [0.2, 0.25) is 0 Å². The van der Waals surface area contributed by atoms with Crippen LogP contribution in [-0.4, -0.2) is 236 Å². The largest absolute Gasteiger partial charge is 0.394 e. The molecule has 4 saturated carbocycles. The van der Waals surface area contributed by atoms with E-state index in [1.54, 1.807) is 34.8 Å². The van der Waals surface area contributed by atoms with Crippen molar-refractivity contribution >= 4 is 5.78 Å². The molecule has 0 amide bonds. The van der Waals surface area contributed by atoms with Crippen LogP contribution in [0.5, 0.6) is 0 Å². The van der Waals surface area contributed by atoms with E-state index in [-0.39, 0.29) is 54.8 Å². The van der Waals surface area contributed by atoms with Crippen LogP contribution in [0.1, 0.15) is 119 Å². The summed E-state index contributed by atoms with van der Waals surface area (Å²) in [6.45, 7) is 11.7. The second-order valence-electron chi connectivity index (χ2n) is 24.3. The number of ether oxygens (including phenoxy) is 12. The number of carbonyl (C=O) groups is 1. The molecule has 0 aromatic carbocycles. The van der Waals surface area contributed by atoms with E-state index in [2.05, 4.69) is 6.92 Å². The van der Waals surface area contributed by atoms with Crippen LogP contribution in [0, 0.1) is 28.6 Å². The van der Waals surface area contributed by atoms with Crippen molar-refractivity contribution in [2.75, 3.05) is 20.8 Å². The molecule has 0 aromatic rings. The second-order valence-corrected chi connectivity index (χ2v) is 24.3. The molecule has 4 unspecified atom stereocenters. The van der Waals surface area contributed by atoms with Crippen molar-refractivity contribution in [2.24, 2.45) is 28.6 Å². The molecule has 4 aliphatic carbocycles. The first-order valence-corrected chi connectivity index (χ1v) is 27.8. The average molecular weight is 1090 g/mol. The number of Topliss-reactive ketones (excluding diaryl/α,β-unsaturated/α-hetero) is 1. The standard InChI is InChI=1S/C53H88O23/c1-22(55)39-41(59)48(62)53(64)51(39,7)14-12-34-50(6)13-11-28(16-27(50)10-15-52(34,53)63)71-37-19-31(65-8)46(25(4)69-37)75-36-18-30(57)44(23(2)68-36)73-35-17-29(56)45(24(3)67-35)74-38-20-32(66-9)47(26(5)70-38)76-49-43(61)42(60)40(58)33(21-54)72-49/h23-49,54,56-64H,10-21H2,1-9H3/t23-,24-,25-,26-,27+,28+,29-,30-,31+,32+,33-,34-,35?,36?,37?,38?,39+,40-,41+,42+,43-,44-,45-,46-,47-,48-,49+,50+,51-,52+,53-/m1/s1. The molecule has 5 heterocycles. The minimum Gasteiger partial charge on any atom is -0.394 e. The minimum atomic E-state index is -2.05. The van der Waals surface area contributed by atoms with Gasteiger partial charge in [-0.15, -0.1) is 0 Å². The first-order chi connectivity index (χ1) is 35.8. The summed E-state index contributed by atoms with van der Waals surface area (Å²) in [6.07, 6.45) is -18.1. The van der Waals surface area contributed by atoms with Crippen LogP contribution in [0.2, 0.25) is 0 Å². The topological polar surface area (TPSA) is 330 Å². The zero-order valence-corrected chi connectivity index (χ0v) is 45.4. The molecule has 0 spiro atoms. The number of hydrogen-bond donors (Lipinski definition) is 10. The van der Waals surface area contributed by atoms with E-state index >= 15 is 0 Å². The lowest BCUT2D eigenvalue weighted by Crippen LogP contribution is -2.76. The molecule has 9 fully saturated rings. The van der Waals surface area contributed by atoms with Crippen LogP contribution < -0.4 is 0 Å². The van der Waals surface area contributed by atoms with E-state index < -0.39 is 170 Å². The Kier molecular flexibility index (Phi) is 17.9. The number of hydrogen-bond acceptors (Lipinski definition) is 23. The summed E-state index contributed by atoms with van der Waals surface area (Å²) in [7, 11) is 3.07. The van der Waals surface area contributed by atoms with Crippen LogP contribution >= 0.6 is 0 Å². The van der Waals surface area contributed by atoms with E-state index in [1.807, 2.05) is 6.92 Å². The lowest BCUT2D eigenvalue weighted by molar-refractivity contribution is -0.358. The van der Waals surface area contributed by atoms with Crippen LogP contribution in [0.25, 0.3) is 0 Å².